The SMILES string of the molecule is CCN(C1CCN(CCNC(=O)Nc2cc(C)nc(C)c2)CC1)S(=O)(=O)c1ccc(OC(C)C)cc1. The molecule has 10 heteroatoms. The monoisotopic (exact) mass is 517 g/mol. The largest absolute Gasteiger partial charge is 0.491 e. The molecule has 0 bridgehead atoms. The lowest BCUT2D eigenvalue weighted by Crippen LogP contribution is -2.48. The molecule has 0 spiro atoms. The topological polar surface area (TPSA) is 104 Å². The van der Waals surface area contributed by atoms with E-state index in [1.807, 2.05) is 46.8 Å². The van der Waals surface area contributed by atoms with Crippen LogP contribution in [-0.2, 0) is 10.0 Å². The minimum absolute atomic E-state index is 0.0318. The molecule has 1 saturated heterocycles. The Hall–Kier alpha value is -2.69. The number of nitrogens with zero attached hydrogens (tertiary/aromatic N) is 3. The summed E-state index contributed by atoms with van der Waals surface area (Å²) in [6.45, 7) is 12.8. The molecule has 1 aromatic heterocycles. The Balaban J connectivity index is 1.47. The van der Waals surface area contributed by atoms with E-state index in [9.17, 15) is 13.2 Å². The second-order valence-corrected chi connectivity index (χ2v) is 11.3. The highest BCUT2D eigenvalue weighted by Gasteiger charge is 2.32. The van der Waals surface area contributed by atoms with Crippen LogP contribution in [0, 0.1) is 13.8 Å². The quantitative estimate of drug-likeness (QED) is 0.497. The second-order valence-electron chi connectivity index (χ2n) is 9.44. The maximum Gasteiger partial charge on any atom is 0.319 e. The van der Waals surface area contributed by atoms with Gasteiger partial charge in [0.25, 0.3) is 0 Å². The van der Waals surface area contributed by atoms with Crippen LogP contribution in [0.25, 0.3) is 0 Å². The second kappa shape index (κ2) is 12.5. The van der Waals surface area contributed by atoms with Gasteiger partial charge in [-0.3, -0.25) is 4.98 Å². The lowest BCUT2D eigenvalue weighted by molar-refractivity contribution is 0.162. The van der Waals surface area contributed by atoms with Crippen LogP contribution in [0.15, 0.2) is 41.3 Å². The predicted octanol–water partition coefficient (Wildman–Crippen LogP) is 3.78. The number of hydrogen-bond acceptors (Lipinski definition) is 6. The molecule has 0 atom stereocenters. The van der Waals surface area contributed by atoms with Crippen LogP contribution in [0.5, 0.6) is 5.75 Å². The van der Waals surface area contributed by atoms with Crippen LogP contribution >= 0.6 is 0 Å². The number of amides is 2. The first-order valence-electron chi connectivity index (χ1n) is 12.6. The Morgan fingerprint density at radius 1 is 1.14 bits per heavy atom. The van der Waals surface area contributed by atoms with Crippen molar-refractivity contribution < 1.29 is 17.9 Å². The van der Waals surface area contributed by atoms with Crippen molar-refractivity contribution >= 4 is 21.7 Å². The molecule has 9 nitrogen and oxygen atoms in total. The molecule has 2 aromatic rings. The number of hydrogen-bond donors (Lipinski definition) is 2. The van der Waals surface area contributed by atoms with Gasteiger partial charge in [0.2, 0.25) is 10.0 Å². The van der Waals surface area contributed by atoms with Gasteiger partial charge in [-0.1, -0.05) is 6.92 Å². The highest BCUT2D eigenvalue weighted by atomic mass is 32.2. The van der Waals surface area contributed by atoms with E-state index in [2.05, 4.69) is 20.5 Å². The number of ether oxygens (including phenoxy) is 1. The number of carbonyl (C=O) groups is 1. The third kappa shape index (κ3) is 7.65. The summed E-state index contributed by atoms with van der Waals surface area (Å²) in [6, 6.07) is 10.0. The maximum absolute atomic E-state index is 13.3. The molecule has 198 valence electrons. The molecule has 1 aromatic carbocycles. The van der Waals surface area contributed by atoms with E-state index < -0.39 is 10.0 Å². The van der Waals surface area contributed by atoms with Gasteiger partial charge >= 0.3 is 6.03 Å². The van der Waals surface area contributed by atoms with E-state index in [0.29, 0.717) is 25.4 Å². The van der Waals surface area contributed by atoms with Crippen molar-refractivity contribution in [1.82, 2.24) is 19.5 Å². The summed E-state index contributed by atoms with van der Waals surface area (Å²) in [4.78, 5) is 19.1. The first-order chi connectivity index (χ1) is 17.1. The van der Waals surface area contributed by atoms with Gasteiger partial charge in [-0.15, -0.1) is 0 Å². The molecule has 2 amide bonds. The summed E-state index contributed by atoms with van der Waals surface area (Å²) in [6.07, 6.45) is 1.54. The van der Waals surface area contributed by atoms with Crippen molar-refractivity contribution in [3.8, 4) is 5.75 Å². The lowest BCUT2D eigenvalue weighted by Gasteiger charge is -2.37. The van der Waals surface area contributed by atoms with Crippen LogP contribution in [0.1, 0.15) is 45.0 Å². The molecule has 0 aliphatic carbocycles. The van der Waals surface area contributed by atoms with E-state index in [0.717, 1.165) is 43.0 Å². The van der Waals surface area contributed by atoms with Crippen molar-refractivity contribution in [2.75, 3.05) is 38.0 Å². The van der Waals surface area contributed by atoms with Crippen LogP contribution in [-0.4, -0.2) is 73.5 Å². The minimum atomic E-state index is -3.59. The van der Waals surface area contributed by atoms with Crippen molar-refractivity contribution in [3.63, 3.8) is 0 Å². The summed E-state index contributed by atoms with van der Waals surface area (Å²) in [5.41, 5.74) is 2.43. The van der Waals surface area contributed by atoms with Gasteiger partial charge in [0.05, 0.1) is 11.0 Å². The fourth-order valence-electron chi connectivity index (χ4n) is 4.56. The van der Waals surface area contributed by atoms with Crippen LogP contribution < -0.4 is 15.4 Å². The van der Waals surface area contributed by atoms with E-state index in [1.54, 1.807) is 28.6 Å². The number of carbonyl (C=O) groups excluding carboxylic acids is 1. The zero-order chi connectivity index (χ0) is 26.3. The van der Waals surface area contributed by atoms with Crippen LogP contribution in [0.3, 0.4) is 0 Å². The number of piperidine rings is 1. The van der Waals surface area contributed by atoms with E-state index in [4.69, 9.17) is 4.74 Å². The number of aryl methyl sites for hydroxylation is 2. The van der Waals surface area contributed by atoms with Gasteiger partial charge in [0.15, 0.2) is 0 Å². The summed E-state index contributed by atoms with van der Waals surface area (Å²) < 4.78 is 33.9. The summed E-state index contributed by atoms with van der Waals surface area (Å²) in [7, 11) is -3.59. The zero-order valence-electron chi connectivity index (χ0n) is 22.0. The molecule has 2 N–H and O–H groups in total. The molecular formula is C26H39N5O4S. The average molecular weight is 518 g/mol. The Bertz CT molecular complexity index is 1090. The fraction of sp³-hybridized carbons (Fsp3) is 0.538. The molecule has 36 heavy (non-hydrogen) atoms. The van der Waals surface area contributed by atoms with Crippen LogP contribution in [0.2, 0.25) is 0 Å². The smallest absolute Gasteiger partial charge is 0.319 e. The highest BCUT2D eigenvalue weighted by molar-refractivity contribution is 7.89. The minimum Gasteiger partial charge on any atom is -0.491 e. The first kappa shape index (κ1) is 27.9. The number of benzene rings is 1. The van der Waals surface area contributed by atoms with E-state index >= 15 is 0 Å². The Morgan fingerprint density at radius 2 is 1.75 bits per heavy atom. The van der Waals surface area contributed by atoms with E-state index in [1.165, 1.54) is 0 Å². The molecule has 1 fully saturated rings. The van der Waals surface area contributed by atoms with Gasteiger partial charge in [0.1, 0.15) is 5.75 Å². The van der Waals surface area contributed by atoms with Crippen molar-refractivity contribution in [3.05, 3.63) is 47.8 Å². The lowest BCUT2D eigenvalue weighted by atomic mass is 10.1. The highest BCUT2D eigenvalue weighted by Crippen LogP contribution is 2.26. The molecule has 0 saturated carbocycles. The molecule has 1 aliphatic heterocycles. The molecule has 3 rings (SSSR count). The number of likely N-dealkylation sites (tertiary alicyclic amines) is 1. The molecule has 0 radical (unpaired) electrons. The summed E-state index contributed by atoms with van der Waals surface area (Å²) in [5.74, 6) is 0.661. The third-order valence-electron chi connectivity index (χ3n) is 6.13. The molecular weight excluding hydrogens is 478 g/mol. The molecule has 2 heterocycles. The predicted molar refractivity (Wildman–Crippen MR) is 142 cm³/mol. The van der Waals surface area contributed by atoms with Gasteiger partial charge in [0, 0.05) is 42.8 Å². The van der Waals surface area contributed by atoms with Crippen LogP contribution in [0.4, 0.5) is 10.5 Å². The Morgan fingerprint density at radius 3 is 2.31 bits per heavy atom. The zero-order valence-corrected chi connectivity index (χ0v) is 22.8. The van der Waals surface area contributed by atoms with Gasteiger partial charge in [-0.05, 0) is 90.0 Å². The first-order valence-corrected chi connectivity index (χ1v) is 14.0. The summed E-state index contributed by atoms with van der Waals surface area (Å²) in [5, 5.41) is 5.74. The normalized spacial score (nSPS) is 15.3. The van der Waals surface area contributed by atoms with Crippen molar-refractivity contribution in [2.45, 2.75) is 64.5 Å². The number of aromatic nitrogens is 1. The Kier molecular flexibility index (Phi) is 9.69. The van der Waals surface area contributed by atoms with Crippen molar-refractivity contribution in [1.29, 1.82) is 0 Å². The third-order valence-corrected chi connectivity index (χ3v) is 8.17. The van der Waals surface area contributed by atoms with Gasteiger partial charge in [-0.25, -0.2) is 13.2 Å². The average Bonchev–Trinajstić information content (AvgIpc) is 2.79. The number of urea groups is 1. The van der Waals surface area contributed by atoms with E-state index in [-0.39, 0.29) is 23.1 Å². The van der Waals surface area contributed by atoms with Crippen molar-refractivity contribution in [2.24, 2.45) is 0 Å². The maximum atomic E-state index is 13.3. The number of sulfonamides is 1. The summed E-state index contributed by atoms with van der Waals surface area (Å²) >= 11 is 0. The number of rotatable bonds is 10. The number of nitrogens with one attached hydrogen (secondary N) is 2. The molecule has 1 aliphatic rings. The molecule has 0 unspecified atom stereocenters. The number of pyridine rings is 1. The Labute approximate surface area is 215 Å². The van der Waals surface area contributed by atoms with Gasteiger partial charge in [-0.2, -0.15) is 4.31 Å². The van der Waals surface area contributed by atoms with Gasteiger partial charge < -0.3 is 20.3 Å². The standard InChI is InChI=1S/C26H39N5O4S/c1-6-31(36(33,34)25-9-7-24(8-10-25)35-19(2)3)23-11-14-30(15-12-23)16-13-27-26(32)29-22-17-20(4)28-21(5)18-22/h7-10,17-19,23H,6,11-16H2,1-5H3,(H2,27,28,29,32). The fourth-order valence-corrected chi connectivity index (χ4v) is 6.26. The number of anilines is 1.